The largest absolute Gasteiger partial charge is 0.478 e. The zero-order chi connectivity index (χ0) is 10.6. The summed E-state index contributed by atoms with van der Waals surface area (Å²) in [5, 5.41) is 0. The average molecular weight is 188 g/mol. The van der Waals surface area contributed by atoms with Crippen molar-refractivity contribution in [1.82, 2.24) is 0 Å². The highest BCUT2D eigenvalue weighted by Gasteiger charge is 2.03. The van der Waals surface area contributed by atoms with Crippen molar-refractivity contribution in [2.45, 2.75) is 20.0 Å². The second-order valence-corrected chi connectivity index (χ2v) is 3.01. The Labute approximate surface area is 83.9 Å². The molecule has 2 heteroatoms. The molecule has 0 aliphatic rings. The van der Waals surface area contributed by atoms with Crippen molar-refractivity contribution in [3.05, 3.63) is 29.8 Å². The Kier molecular flexibility index (Phi) is 3.30. The van der Waals surface area contributed by atoms with Gasteiger partial charge in [0, 0.05) is 5.56 Å². The van der Waals surface area contributed by atoms with Gasteiger partial charge in [0.2, 0.25) is 0 Å². The van der Waals surface area contributed by atoms with Crippen LogP contribution in [0.25, 0.3) is 0 Å². The monoisotopic (exact) mass is 188 g/mol. The summed E-state index contributed by atoms with van der Waals surface area (Å²) in [4.78, 5) is 11.1. The van der Waals surface area contributed by atoms with Crippen LogP contribution in [-0.4, -0.2) is 11.9 Å². The Hall–Kier alpha value is -1.75. The summed E-state index contributed by atoms with van der Waals surface area (Å²) >= 11 is 0. The first-order valence-electron chi connectivity index (χ1n) is 4.37. The lowest BCUT2D eigenvalue weighted by Gasteiger charge is -2.09. The summed E-state index contributed by atoms with van der Waals surface area (Å²) in [6, 6.07) is 6.99. The van der Waals surface area contributed by atoms with Gasteiger partial charge in [-0.15, -0.1) is 6.42 Å². The fourth-order valence-corrected chi connectivity index (χ4v) is 1.03. The molecule has 0 aliphatic carbocycles. The van der Waals surface area contributed by atoms with E-state index >= 15 is 0 Å². The van der Waals surface area contributed by atoms with Crippen LogP contribution < -0.4 is 4.74 Å². The van der Waals surface area contributed by atoms with E-state index in [1.54, 1.807) is 31.2 Å². The maximum absolute atomic E-state index is 11.1. The van der Waals surface area contributed by atoms with E-state index in [-0.39, 0.29) is 11.9 Å². The van der Waals surface area contributed by atoms with Crippen LogP contribution in [-0.2, 0) is 0 Å². The van der Waals surface area contributed by atoms with E-state index in [4.69, 9.17) is 11.2 Å². The van der Waals surface area contributed by atoms with Crippen LogP contribution in [0.2, 0.25) is 0 Å². The van der Waals surface area contributed by atoms with Gasteiger partial charge in [-0.3, -0.25) is 4.79 Å². The van der Waals surface area contributed by atoms with Crippen LogP contribution in [0.15, 0.2) is 24.3 Å². The number of benzene rings is 1. The smallest absolute Gasteiger partial charge is 0.159 e. The fourth-order valence-electron chi connectivity index (χ4n) is 1.03. The van der Waals surface area contributed by atoms with Gasteiger partial charge in [0.25, 0.3) is 0 Å². The van der Waals surface area contributed by atoms with Gasteiger partial charge < -0.3 is 4.74 Å². The van der Waals surface area contributed by atoms with E-state index in [1.165, 1.54) is 6.92 Å². The van der Waals surface area contributed by atoms with Gasteiger partial charge >= 0.3 is 0 Å². The van der Waals surface area contributed by atoms with Crippen molar-refractivity contribution in [2.75, 3.05) is 0 Å². The van der Waals surface area contributed by atoms with E-state index < -0.39 is 0 Å². The molecule has 0 amide bonds. The standard InChI is InChI=1S/C12H12O2/c1-4-9(2)14-12-7-5-6-11(8-12)10(3)13/h1,5-9H,2-3H3. The number of ether oxygens (including phenoxy) is 1. The van der Waals surface area contributed by atoms with Crippen molar-refractivity contribution >= 4 is 5.78 Å². The van der Waals surface area contributed by atoms with E-state index in [2.05, 4.69) is 5.92 Å². The quantitative estimate of drug-likeness (QED) is 0.537. The summed E-state index contributed by atoms with van der Waals surface area (Å²) < 4.78 is 5.37. The van der Waals surface area contributed by atoms with E-state index in [0.29, 0.717) is 11.3 Å². The Morgan fingerprint density at radius 2 is 2.29 bits per heavy atom. The fraction of sp³-hybridized carbons (Fsp3) is 0.250. The number of Topliss-reactive ketones (excluding diaryl/α,β-unsaturated/α-hetero) is 1. The molecule has 1 unspecified atom stereocenters. The third-order valence-corrected chi connectivity index (χ3v) is 1.79. The van der Waals surface area contributed by atoms with Crippen LogP contribution in [0, 0.1) is 12.3 Å². The molecule has 0 aliphatic heterocycles. The summed E-state index contributed by atoms with van der Waals surface area (Å²) in [6.07, 6.45) is 4.90. The molecular formula is C12H12O2. The Bertz CT molecular complexity index is 374. The normalized spacial score (nSPS) is 11.5. The van der Waals surface area contributed by atoms with Crippen LogP contribution in [0.5, 0.6) is 5.75 Å². The molecule has 0 N–H and O–H groups in total. The summed E-state index contributed by atoms with van der Waals surface area (Å²) in [7, 11) is 0. The molecule has 1 aromatic rings. The Balaban J connectivity index is 2.85. The third-order valence-electron chi connectivity index (χ3n) is 1.79. The molecule has 2 nitrogen and oxygen atoms in total. The number of ketones is 1. The maximum atomic E-state index is 11.1. The lowest BCUT2D eigenvalue weighted by Crippen LogP contribution is -2.08. The van der Waals surface area contributed by atoms with Crippen LogP contribution in [0.4, 0.5) is 0 Å². The van der Waals surface area contributed by atoms with Gasteiger partial charge in [-0.05, 0) is 26.0 Å². The van der Waals surface area contributed by atoms with Crippen molar-refractivity contribution in [3.8, 4) is 18.1 Å². The second kappa shape index (κ2) is 4.48. The summed E-state index contributed by atoms with van der Waals surface area (Å²) in [5.74, 6) is 3.10. The maximum Gasteiger partial charge on any atom is 0.159 e. The molecular weight excluding hydrogens is 176 g/mol. The lowest BCUT2D eigenvalue weighted by atomic mass is 10.1. The molecule has 0 spiro atoms. The number of carbonyl (C=O) groups is 1. The molecule has 14 heavy (non-hydrogen) atoms. The Morgan fingerprint density at radius 3 is 2.86 bits per heavy atom. The van der Waals surface area contributed by atoms with Crippen molar-refractivity contribution in [2.24, 2.45) is 0 Å². The molecule has 1 aromatic carbocycles. The van der Waals surface area contributed by atoms with Gasteiger partial charge in [0.1, 0.15) is 5.75 Å². The van der Waals surface area contributed by atoms with Crippen LogP contribution in [0.3, 0.4) is 0 Å². The zero-order valence-electron chi connectivity index (χ0n) is 8.28. The molecule has 0 radical (unpaired) electrons. The predicted molar refractivity (Wildman–Crippen MR) is 55.4 cm³/mol. The highest BCUT2D eigenvalue weighted by molar-refractivity contribution is 5.94. The molecule has 1 rings (SSSR count). The molecule has 0 heterocycles. The predicted octanol–water partition coefficient (Wildman–Crippen LogP) is 2.29. The first-order valence-corrected chi connectivity index (χ1v) is 4.37. The number of rotatable bonds is 3. The number of carbonyl (C=O) groups excluding carboxylic acids is 1. The van der Waals surface area contributed by atoms with Gasteiger partial charge in [0.15, 0.2) is 11.9 Å². The molecule has 0 bridgehead atoms. The minimum absolute atomic E-state index is 0.0174. The molecule has 1 atom stereocenters. The van der Waals surface area contributed by atoms with Crippen LogP contribution in [0.1, 0.15) is 24.2 Å². The highest BCUT2D eigenvalue weighted by Crippen LogP contribution is 2.14. The minimum atomic E-state index is -0.280. The first-order chi connectivity index (χ1) is 6.63. The SMILES string of the molecule is C#CC(C)Oc1cccc(C(C)=O)c1. The topological polar surface area (TPSA) is 26.3 Å². The van der Waals surface area contributed by atoms with Gasteiger partial charge in [-0.2, -0.15) is 0 Å². The molecule has 0 aromatic heterocycles. The molecule has 0 saturated carbocycles. The molecule has 0 saturated heterocycles. The lowest BCUT2D eigenvalue weighted by molar-refractivity contribution is 0.101. The summed E-state index contributed by atoms with van der Waals surface area (Å²) in [5.41, 5.74) is 0.631. The Morgan fingerprint density at radius 1 is 1.57 bits per heavy atom. The van der Waals surface area contributed by atoms with E-state index in [9.17, 15) is 4.79 Å². The van der Waals surface area contributed by atoms with Crippen molar-refractivity contribution in [3.63, 3.8) is 0 Å². The second-order valence-electron chi connectivity index (χ2n) is 3.01. The third kappa shape index (κ3) is 2.63. The van der Waals surface area contributed by atoms with Gasteiger partial charge in [0.05, 0.1) is 0 Å². The number of hydrogen-bond acceptors (Lipinski definition) is 2. The van der Waals surface area contributed by atoms with Crippen LogP contribution >= 0.6 is 0 Å². The highest BCUT2D eigenvalue weighted by atomic mass is 16.5. The van der Waals surface area contributed by atoms with Gasteiger partial charge in [-0.25, -0.2) is 0 Å². The van der Waals surface area contributed by atoms with E-state index in [0.717, 1.165) is 0 Å². The van der Waals surface area contributed by atoms with Gasteiger partial charge in [-0.1, -0.05) is 18.1 Å². The van der Waals surface area contributed by atoms with E-state index in [1.807, 2.05) is 0 Å². The number of hydrogen-bond donors (Lipinski definition) is 0. The molecule has 72 valence electrons. The zero-order valence-corrected chi connectivity index (χ0v) is 8.28. The number of terminal acetylenes is 1. The first kappa shape index (κ1) is 10.3. The minimum Gasteiger partial charge on any atom is -0.478 e. The average Bonchev–Trinajstić information content (AvgIpc) is 2.18. The van der Waals surface area contributed by atoms with Crippen molar-refractivity contribution < 1.29 is 9.53 Å². The molecule has 0 fully saturated rings. The van der Waals surface area contributed by atoms with Crippen molar-refractivity contribution in [1.29, 1.82) is 0 Å². The summed E-state index contributed by atoms with van der Waals surface area (Å²) in [6.45, 7) is 3.30.